The maximum atomic E-state index is 12.5. The molecule has 21 heavy (non-hydrogen) atoms. The molecule has 1 amide bonds. The number of amides is 1. The van der Waals surface area contributed by atoms with Gasteiger partial charge in [0.25, 0.3) is 5.91 Å². The van der Waals surface area contributed by atoms with Crippen molar-refractivity contribution in [2.45, 2.75) is 38.6 Å². The molecule has 1 aromatic rings. The number of carbonyl (C=O) groups excluding carboxylic acids is 1. The lowest BCUT2D eigenvalue weighted by atomic mass is 9.92. The van der Waals surface area contributed by atoms with Gasteiger partial charge in [-0.3, -0.25) is 4.79 Å². The van der Waals surface area contributed by atoms with Gasteiger partial charge in [0.1, 0.15) is 5.82 Å². The highest BCUT2D eigenvalue weighted by Crippen LogP contribution is 2.23. The molecule has 0 aromatic carbocycles. The van der Waals surface area contributed by atoms with Crippen LogP contribution in [0.25, 0.3) is 0 Å². The van der Waals surface area contributed by atoms with Crippen molar-refractivity contribution in [3.05, 3.63) is 22.8 Å². The highest BCUT2D eigenvalue weighted by Gasteiger charge is 2.30. The Morgan fingerprint density at radius 2 is 2.19 bits per heavy atom. The first-order chi connectivity index (χ1) is 10.0. The molecule has 0 radical (unpaired) electrons. The van der Waals surface area contributed by atoms with E-state index in [9.17, 15) is 4.79 Å². The largest absolute Gasteiger partial charge is 0.381 e. The van der Waals surface area contributed by atoms with Gasteiger partial charge in [-0.1, -0.05) is 18.5 Å². The third-order valence-electron chi connectivity index (χ3n) is 3.67. The van der Waals surface area contributed by atoms with Crippen LogP contribution in [0.15, 0.2) is 12.3 Å². The Morgan fingerprint density at radius 3 is 2.86 bits per heavy atom. The Kier molecular flexibility index (Phi) is 5.42. The van der Waals surface area contributed by atoms with Crippen LogP contribution in [0.4, 0.5) is 5.82 Å². The van der Waals surface area contributed by atoms with E-state index in [1.807, 2.05) is 6.92 Å². The summed E-state index contributed by atoms with van der Waals surface area (Å²) in [7, 11) is 0. The first-order valence-electron chi connectivity index (χ1n) is 7.34. The third kappa shape index (κ3) is 4.32. The molecule has 0 spiro atoms. The van der Waals surface area contributed by atoms with Crippen LogP contribution in [-0.4, -0.2) is 36.2 Å². The Hall–Kier alpha value is -1.33. The summed E-state index contributed by atoms with van der Waals surface area (Å²) in [6.45, 7) is 6.26. The summed E-state index contributed by atoms with van der Waals surface area (Å²) in [5.41, 5.74) is 0.219. The molecule has 2 N–H and O–H groups in total. The van der Waals surface area contributed by atoms with Crippen LogP contribution in [0.5, 0.6) is 0 Å². The van der Waals surface area contributed by atoms with E-state index in [-0.39, 0.29) is 11.4 Å². The van der Waals surface area contributed by atoms with Crippen molar-refractivity contribution in [3.63, 3.8) is 0 Å². The van der Waals surface area contributed by atoms with Crippen molar-refractivity contribution < 1.29 is 9.53 Å². The molecule has 0 bridgehead atoms. The number of ether oxygens (including phenoxy) is 1. The number of carbonyl (C=O) groups is 1. The SMILES string of the molecule is CCCNc1cc(C(=O)NC2(C)CCOCC2)c(Cl)cn1. The minimum Gasteiger partial charge on any atom is -0.381 e. The van der Waals surface area contributed by atoms with E-state index in [0.29, 0.717) is 29.6 Å². The van der Waals surface area contributed by atoms with Crippen molar-refractivity contribution in [1.29, 1.82) is 0 Å². The van der Waals surface area contributed by atoms with Crippen LogP contribution in [0.1, 0.15) is 43.5 Å². The average Bonchev–Trinajstić information content (AvgIpc) is 2.46. The minimum absolute atomic E-state index is 0.161. The van der Waals surface area contributed by atoms with E-state index in [1.54, 1.807) is 6.07 Å². The maximum Gasteiger partial charge on any atom is 0.253 e. The van der Waals surface area contributed by atoms with Crippen LogP contribution in [0, 0.1) is 0 Å². The summed E-state index contributed by atoms with van der Waals surface area (Å²) < 4.78 is 5.34. The lowest BCUT2D eigenvalue weighted by Crippen LogP contribution is -2.49. The summed E-state index contributed by atoms with van der Waals surface area (Å²) >= 11 is 6.11. The number of hydrogen-bond acceptors (Lipinski definition) is 4. The number of aromatic nitrogens is 1. The van der Waals surface area contributed by atoms with E-state index in [0.717, 1.165) is 25.8 Å². The lowest BCUT2D eigenvalue weighted by molar-refractivity contribution is 0.0423. The quantitative estimate of drug-likeness (QED) is 0.877. The molecular weight excluding hydrogens is 290 g/mol. The van der Waals surface area contributed by atoms with Gasteiger partial charge in [-0.15, -0.1) is 0 Å². The molecule has 1 aromatic heterocycles. The van der Waals surface area contributed by atoms with Crippen molar-refractivity contribution >= 4 is 23.3 Å². The molecule has 0 aliphatic carbocycles. The lowest BCUT2D eigenvalue weighted by Gasteiger charge is -2.34. The highest BCUT2D eigenvalue weighted by molar-refractivity contribution is 6.33. The van der Waals surface area contributed by atoms with E-state index in [4.69, 9.17) is 16.3 Å². The fraction of sp³-hybridized carbons (Fsp3) is 0.600. The van der Waals surface area contributed by atoms with Crippen LogP contribution < -0.4 is 10.6 Å². The van der Waals surface area contributed by atoms with E-state index >= 15 is 0 Å². The van der Waals surface area contributed by atoms with Gasteiger partial charge in [-0.2, -0.15) is 0 Å². The Labute approximate surface area is 130 Å². The zero-order chi connectivity index (χ0) is 15.3. The summed E-state index contributed by atoms with van der Waals surface area (Å²) in [4.78, 5) is 16.7. The third-order valence-corrected chi connectivity index (χ3v) is 3.97. The van der Waals surface area contributed by atoms with Gasteiger partial charge in [0.05, 0.1) is 10.6 Å². The van der Waals surface area contributed by atoms with Gasteiger partial charge in [0.2, 0.25) is 0 Å². The second-order valence-electron chi connectivity index (χ2n) is 5.60. The average molecular weight is 312 g/mol. The van der Waals surface area contributed by atoms with Gasteiger partial charge in [0.15, 0.2) is 0 Å². The second kappa shape index (κ2) is 7.09. The van der Waals surface area contributed by atoms with Crippen LogP contribution in [-0.2, 0) is 4.74 Å². The Balaban J connectivity index is 2.10. The van der Waals surface area contributed by atoms with Gasteiger partial charge < -0.3 is 15.4 Å². The molecule has 0 saturated carbocycles. The van der Waals surface area contributed by atoms with E-state index < -0.39 is 0 Å². The highest BCUT2D eigenvalue weighted by atomic mass is 35.5. The number of nitrogens with one attached hydrogen (secondary N) is 2. The van der Waals surface area contributed by atoms with Crippen molar-refractivity contribution in [2.24, 2.45) is 0 Å². The Morgan fingerprint density at radius 1 is 1.48 bits per heavy atom. The second-order valence-corrected chi connectivity index (χ2v) is 6.01. The number of anilines is 1. The van der Waals surface area contributed by atoms with Crippen LogP contribution in [0.2, 0.25) is 5.02 Å². The maximum absolute atomic E-state index is 12.5. The number of hydrogen-bond donors (Lipinski definition) is 2. The normalized spacial score (nSPS) is 17.3. The Bertz CT molecular complexity index is 502. The number of nitrogens with zero attached hydrogens (tertiary/aromatic N) is 1. The molecule has 0 unspecified atom stereocenters. The van der Waals surface area contributed by atoms with Gasteiger partial charge in [-0.25, -0.2) is 4.98 Å². The minimum atomic E-state index is -0.237. The van der Waals surface area contributed by atoms with Crippen LogP contribution in [0.3, 0.4) is 0 Å². The standard InChI is InChI=1S/C15H22ClN3O2/c1-3-6-17-13-9-11(12(16)10-18-13)14(20)19-15(2)4-7-21-8-5-15/h9-10H,3-8H2,1-2H3,(H,17,18)(H,19,20). The molecule has 1 fully saturated rings. The van der Waals surface area contributed by atoms with Crippen molar-refractivity contribution in [2.75, 3.05) is 25.1 Å². The molecule has 0 atom stereocenters. The van der Waals surface area contributed by atoms with Crippen molar-refractivity contribution in [3.8, 4) is 0 Å². The fourth-order valence-electron chi connectivity index (χ4n) is 2.25. The summed E-state index contributed by atoms with van der Waals surface area (Å²) in [6.07, 6.45) is 4.12. The topological polar surface area (TPSA) is 63.2 Å². The number of pyridine rings is 1. The molecule has 2 heterocycles. The molecule has 1 saturated heterocycles. The monoisotopic (exact) mass is 311 g/mol. The molecule has 2 rings (SSSR count). The van der Waals surface area contributed by atoms with Crippen LogP contribution >= 0.6 is 11.6 Å². The van der Waals surface area contributed by atoms with E-state index in [2.05, 4.69) is 22.5 Å². The molecular formula is C15H22ClN3O2. The molecule has 1 aliphatic heterocycles. The summed E-state index contributed by atoms with van der Waals surface area (Å²) in [6, 6.07) is 1.70. The van der Waals surface area contributed by atoms with Gasteiger partial charge >= 0.3 is 0 Å². The van der Waals surface area contributed by atoms with Gasteiger partial charge in [0, 0.05) is 31.5 Å². The van der Waals surface area contributed by atoms with Gasteiger partial charge in [-0.05, 0) is 32.3 Å². The molecule has 116 valence electrons. The first-order valence-corrected chi connectivity index (χ1v) is 7.71. The number of halogens is 1. The van der Waals surface area contributed by atoms with E-state index in [1.165, 1.54) is 6.20 Å². The summed E-state index contributed by atoms with van der Waals surface area (Å²) in [5.74, 6) is 0.509. The van der Waals surface area contributed by atoms with Crippen molar-refractivity contribution in [1.82, 2.24) is 10.3 Å². The first kappa shape index (κ1) is 16.0. The predicted octanol–water partition coefficient (Wildman–Crippen LogP) is 2.86. The zero-order valence-corrected chi connectivity index (χ0v) is 13.3. The fourth-order valence-corrected chi connectivity index (χ4v) is 2.44. The molecule has 1 aliphatic rings. The zero-order valence-electron chi connectivity index (χ0n) is 12.5. The smallest absolute Gasteiger partial charge is 0.253 e. The molecule has 5 nitrogen and oxygen atoms in total. The molecule has 6 heteroatoms. The predicted molar refractivity (Wildman–Crippen MR) is 84.0 cm³/mol. The summed E-state index contributed by atoms with van der Waals surface area (Å²) in [5, 5.41) is 6.60. The number of rotatable bonds is 5.